The van der Waals surface area contributed by atoms with Gasteiger partial charge in [0.25, 0.3) is 5.91 Å². The normalized spacial score (nSPS) is 33.4. The van der Waals surface area contributed by atoms with Crippen LogP contribution in [0.2, 0.25) is 0 Å². The van der Waals surface area contributed by atoms with E-state index < -0.39 is 5.60 Å². The predicted molar refractivity (Wildman–Crippen MR) is 123 cm³/mol. The summed E-state index contributed by atoms with van der Waals surface area (Å²) in [7, 11) is 0. The zero-order valence-electron chi connectivity index (χ0n) is 18.4. The molecule has 2 aromatic heterocycles. The van der Waals surface area contributed by atoms with Crippen molar-refractivity contribution >= 4 is 17.5 Å². The Bertz CT molecular complexity index is 975. The van der Waals surface area contributed by atoms with Gasteiger partial charge in [0, 0.05) is 38.4 Å². The smallest absolute Gasteiger partial charge is 0.270 e. The molecule has 7 heteroatoms. The second-order valence-electron chi connectivity index (χ2n) is 10.2. The van der Waals surface area contributed by atoms with E-state index >= 15 is 0 Å². The Kier molecular flexibility index (Phi) is 4.82. The van der Waals surface area contributed by atoms with Gasteiger partial charge in [-0.25, -0.2) is 9.97 Å². The Labute approximate surface area is 188 Å². The highest BCUT2D eigenvalue weighted by Crippen LogP contribution is 2.55. The minimum absolute atomic E-state index is 0.0802. The zero-order valence-corrected chi connectivity index (χ0v) is 18.4. The van der Waals surface area contributed by atoms with Gasteiger partial charge in [-0.05, 0) is 74.1 Å². The van der Waals surface area contributed by atoms with Crippen molar-refractivity contribution < 1.29 is 9.90 Å². The maximum absolute atomic E-state index is 13.1. The lowest BCUT2D eigenvalue weighted by atomic mass is 9.52. The molecule has 2 atom stereocenters. The average molecular weight is 434 g/mol. The van der Waals surface area contributed by atoms with E-state index in [1.807, 2.05) is 42.6 Å². The van der Waals surface area contributed by atoms with Crippen LogP contribution in [0.15, 0.2) is 42.6 Å². The number of pyridine rings is 2. The number of aromatic nitrogens is 2. The summed E-state index contributed by atoms with van der Waals surface area (Å²) in [5.74, 6) is 3.22. The maximum atomic E-state index is 13.1. The molecule has 1 amide bonds. The van der Waals surface area contributed by atoms with E-state index in [2.05, 4.69) is 20.1 Å². The summed E-state index contributed by atoms with van der Waals surface area (Å²) < 4.78 is 0. The van der Waals surface area contributed by atoms with Gasteiger partial charge in [-0.2, -0.15) is 0 Å². The first-order chi connectivity index (χ1) is 15.6. The van der Waals surface area contributed by atoms with Crippen LogP contribution >= 0.6 is 0 Å². The van der Waals surface area contributed by atoms with Gasteiger partial charge in [0.05, 0.1) is 5.60 Å². The summed E-state index contributed by atoms with van der Waals surface area (Å²) in [4.78, 5) is 26.8. The molecular weight excluding hydrogens is 402 g/mol. The van der Waals surface area contributed by atoms with Gasteiger partial charge in [-0.15, -0.1) is 0 Å². The lowest BCUT2D eigenvalue weighted by Gasteiger charge is -2.58. The van der Waals surface area contributed by atoms with E-state index in [0.29, 0.717) is 23.4 Å². The zero-order chi connectivity index (χ0) is 21.7. The molecule has 4 aliphatic carbocycles. The third kappa shape index (κ3) is 3.62. The molecule has 2 N–H and O–H groups in total. The van der Waals surface area contributed by atoms with Crippen LogP contribution in [0.5, 0.6) is 0 Å². The summed E-state index contributed by atoms with van der Waals surface area (Å²) in [5.41, 5.74) is 0.00926. The number of aliphatic hydroxyl groups is 1. The molecule has 5 fully saturated rings. The van der Waals surface area contributed by atoms with E-state index in [9.17, 15) is 9.90 Å². The highest BCUT2D eigenvalue weighted by molar-refractivity contribution is 5.93. The van der Waals surface area contributed by atoms with Crippen molar-refractivity contribution in [1.29, 1.82) is 0 Å². The van der Waals surface area contributed by atoms with Crippen molar-refractivity contribution in [3.63, 3.8) is 0 Å². The highest BCUT2D eigenvalue weighted by atomic mass is 16.3. The van der Waals surface area contributed by atoms with Gasteiger partial charge < -0.3 is 20.2 Å². The molecule has 3 heterocycles. The molecule has 7 rings (SSSR count). The Morgan fingerprint density at radius 2 is 1.62 bits per heavy atom. The second kappa shape index (κ2) is 7.73. The number of carbonyl (C=O) groups excluding carboxylic acids is 1. The molecule has 0 aromatic carbocycles. The fourth-order valence-electron chi connectivity index (χ4n) is 6.87. The molecule has 4 saturated carbocycles. The molecule has 0 spiro atoms. The van der Waals surface area contributed by atoms with E-state index in [1.165, 1.54) is 0 Å². The van der Waals surface area contributed by atoms with E-state index in [1.54, 1.807) is 0 Å². The van der Waals surface area contributed by atoms with Crippen LogP contribution in [-0.4, -0.2) is 58.8 Å². The SMILES string of the molecule is O=C(NC1C2CC3CC1CC(O)(C3)C2)c1cccc(N2CCN(c3ccccn3)CC2)n1. The first kappa shape index (κ1) is 20.0. The van der Waals surface area contributed by atoms with Gasteiger partial charge in [-0.1, -0.05) is 12.1 Å². The first-order valence-corrected chi connectivity index (χ1v) is 12.0. The maximum Gasteiger partial charge on any atom is 0.270 e. The van der Waals surface area contributed by atoms with Crippen molar-refractivity contribution in [2.45, 2.75) is 43.7 Å². The van der Waals surface area contributed by atoms with Gasteiger partial charge in [0.2, 0.25) is 0 Å². The number of amides is 1. The molecule has 168 valence electrons. The molecule has 1 aliphatic heterocycles. The second-order valence-corrected chi connectivity index (χ2v) is 10.2. The third-order valence-electron chi connectivity index (χ3n) is 8.08. The Morgan fingerprint density at radius 3 is 2.28 bits per heavy atom. The van der Waals surface area contributed by atoms with Gasteiger partial charge in [0.1, 0.15) is 17.3 Å². The van der Waals surface area contributed by atoms with E-state index in [-0.39, 0.29) is 11.9 Å². The van der Waals surface area contributed by atoms with Gasteiger partial charge >= 0.3 is 0 Å². The molecule has 2 unspecified atom stereocenters. The molecule has 7 nitrogen and oxygen atoms in total. The minimum atomic E-state index is -0.479. The topological polar surface area (TPSA) is 81.6 Å². The van der Waals surface area contributed by atoms with Crippen LogP contribution < -0.4 is 15.1 Å². The number of piperazine rings is 1. The number of nitrogens with one attached hydrogen (secondary N) is 1. The van der Waals surface area contributed by atoms with Crippen LogP contribution in [0.3, 0.4) is 0 Å². The molecule has 32 heavy (non-hydrogen) atoms. The van der Waals surface area contributed by atoms with E-state index in [0.717, 1.165) is 69.9 Å². The van der Waals surface area contributed by atoms with Gasteiger partial charge in [-0.3, -0.25) is 4.79 Å². The largest absolute Gasteiger partial charge is 0.390 e. The van der Waals surface area contributed by atoms with Crippen LogP contribution in [0, 0.1) is 17.8 Å². The van der Waals surface area contributed by atoms with Crippen molar-refractivity contribution in [2.75, 3.05) is 36.0 Å². The molecule has 1 saturated heterocycles. The van der Waals surface area contributed by atoms with Crippen LogP contribution in [0.1, 0.15) is 42.6 Å². The van der Waals surface area contributed by atoms with Crippen molar-refractivity contribution in [3.8, 4) is 0 Å². The molecule has 5 aliphatic rings. The number of hydrogen-bond acceptors (Lipinski definition) is 6. The molecule has 2 aromatic rings. The summed E-state index contributed by atoms with van der Waals surface area (Å²) >= 11 is 0. The fourth-order valence-corrected chi connectivity index (χ4v) is 6.87. The molecular formula is C25H31N5O2. The summed E-state index contributed by atoms with van der Waals surface area (Å²) in [6, 6.07) is 11.9. The Balaban J connectivity index is 1.11. The fraction of sp³-hybridized carbons (Fsp3) is 0.560. The standard InChI is InChI=1S/C25H31N5O2/c31-24(28-23-18-12-17-13-19(23)16-25(32,14-17)15-18)20-4-3-6-22(27-20)30-10-8-29(9-11-30)21-5-1-2-7-26-21/h1-7,17-19,23,32H,8-16H2,(H,28,31). The van der Waals surface area contributed by atoms with Gasteiger partial charge in [0.15, 0.2) is 0 Å². The van der Waals surface area contributed by atoms with Crippen molar-refractivity contribution in [2.24, 2.45) is 17.8 Å². The number of carbonyl (C=O) groups is 1. The number of nitrogens with zero attached hydrogens (tertiary/aromatic N) is 4. The van der Waals surface area contributed by atoms with E-state index in [4.69, 9.17) is 4.98 Å². The van der Waals surface area contributed by atoms with Crippen molar-refractivity contribution in [3.05, 3.63) is 48.3 Å². The van der Waals surface area contributed by atoms with Crippen molar-refractivity contribution in [1.82, 2.24) is 15.3 Å². The average Bonchev–Trinajstić information content (AvgIpc) is 2.81. The van der Waals surface area contributed by atoms with Crippen LogP contribution in [0.4, 0.5) is 11.6 Å². The third-order valence-corrected chi connectivity index (χ3v) is 8.08. The Hall–Kier alpha value is -2.67. The Morgan fingerprint density at radius 1 is 0.938 bits per heavy atom. The van der Waals surface area contributed by atoms with Crippen LogP contribution in [-0.2, 0) is 0 Å². The molecule has 0 radical (unpaired) electrons. The molecule has 4 bridgehead atoms. The minimum Gasteiger partial charge on any atom is -0.390 e. The van der Waals surface area contributed by atoms with Crippen LogP contribution in [0.25, 0.3) is 0 Å². The lowest BCUT2D eigenvalue weighted by Crippen LogP contribution is -2.61. The highest BCUT2D eigenvalue weighted by Gasteiger charge is 2.55. The number of rotatable bonds is 4. The predicted octanol–water partition coefficient (Wildman–Crippen LogP) is 2.47. The summed E-state index contributed by atoms with van der Waals surface area (Å²) in [6.07, 6.45) is 6.72. The summed E-state index contributed by atoms with van der Waals surface area (Å²) in [6.45, 7) is 3.46. The monoisotopic (exact) mass is 433 g/mol. The summed E-state index contributed by atoms with van der Waals surface area (Å²) in [5, 5.41) is 14.1. The first-order valence-electron chi connectivity index (χ1n) is 12.0. The quantitative estimate of drug-likeness (QED) is 0.771. The number of anilines is 2. The lowest BCUT2D eigenvalue weighted by molar-refractivity contribution is -0.136. The number of hydrogen-bond donors (Lipinski definition) is 2.